The first-order valence-electron chi connectivity index (χ1n) is 2.32. The molecule has 0 aliphatic rings. The first-order valence-corrected chi connectivity index (χ1v) is 5.48. The topological polar surface area (TPSA) is 23.1 Å². The Bertz CT molecular complexity index is 40.7. The third kappa shape index (κ3) is 6.79. The van der Waals surface area contributed by atoms with Crippen molar-refractivity contribution in [2.45, 2.75) is 19.8 Å². The van der Waals surface area contributed by atoms with Crippen LogP contribution in [0.2, 0.25) is 0 Å². The number of hydrogen-bond acceptors (Lipinski definition) is 1. The van der Waals surface area contributed by atoms with E-state index < -0.39 is 9.61 Å². The van der Waals surface area contributed by atoms with E-state index in [4.69, 9.17) is 0 Å². The van der Waals surface area contributed by atoms with Gasteiger partial charge in [0.2, 0.25) is 14.8 Å². The predicted octanol–water partition coefficient (Wildman–Crippen LogP) is 1.85. The van der Waals surface area contributed by atoms with Gasteiger partial charge in [-0.25, -0.2) is 0 Å². The molecule has 7 heavy (non-hydrogen) atoms. The van der Waals surface area contributed by atoms with Gasteiger partial charge >= 0.3 is 0 Å². The largest absolute Gasteiger partial charge is 0.606 e. The van der Waals surface area contributed by atoms with Gasteiger partial charge in [-0.1, -0.05) is 13.3 Å². The molecule has 0 aromatic heterocycles. The number of rotatable bonds is 3. The van der Waals surface area contributed by atoms with E-state index in [0.717, 1.165) is 18.6 Å². The molecule has 1 unspecified atom stereocenters. The van der Waals surface area contributed by atoms with Crippen LogP contribution < -0.4 is 0 Å². The first-order chi connectivity index (χ1) is 3.27. The van der Waals surface area contributed by atoms with Crippen molar-refractivity contribution in [3.8, 4) is 0 Å². The summed E-state index contributed by atoms with van der Waals surface area (Å²) in [5, 5.41) is 0. The molecule has 0 aromatic rings. The fourth-order valence-electron chi connectivity index (χ4n) is 0.258. The van der Waals surface area contributed by atoms with Crippen molar-refractivity contribution in [3.05, 3.63) is 0 Å². The molecule has 0 bridgehead atoms. The average Bonchev–Trinajstić information content (AvgIpc) is 1.61. The van der Waals surface area contributed by atoms with Crippen molar-refractivity contribution >= 4 is 24.4 Å². The smallest absolute Gasteiger partial charge is 0.230 e. The van der Waals surface area contributed by atoms with Crippen molar-refractivity contribution in [1.29, 1.82) is 0 Å². The Morgan fingerprint density at radius 3 is 2.43 bits per heavy atom. The lowest BCUT2D eigenvalue weighted by molar-refractivity contribution is 0.607. The minimum absolute atomic E-state index is 0.753. The lowest BCUT2D eigenvalue weighted by Crippen LogP contribution is -1.94. The molecule has 3 heteroatoms. The molecule has 1 atom stereocenters. The van der Waals surface area contributed by atoms with Crippen molar-refractivity contribution in [2.24, 2.45) is 0 Å². The van der Waals surface area contributed by atoms with Crippen LogP contribution in [0.1, 0.15) is 19.8 Å². The second kappa shape index (κ2) is 4.94. The van der Waals surface area contributed by atoms with Crippen LogP contribution in [0.25, 0.3) is 0 Å². The zero-order valence-corrected chi connectivity index (χ0v) is 6.72. The van der Waals surface area contributed by atoms with Crippen LogP contribution in [0.15, 0.2) is 0 Å². The summed E-state index contributed by atoms with van der Waals surface area (Å²) in [5.41, 5.74) is 0. The molecule has 44 valence electrons. The predicted molar refractivity (Wildman–Crippen MR) is 36.8 cm³/mol. The quantitative estimate of drug-likeness (QED) is 0.615. The standard InChI is InChI=1S/C4H9BrOS/c1-2-3-4-7(5)6/h2-4H2,1H3. The van der Waals surface area contributed by atoms with Crippen LogP contribution >= 0.6 is 14.8 Å². The van der Waals surface area contributed by atoms with Crippen LogP contribution in [0.3, 0.4) is 0 Å². The highest BCUT2D eigenvalue weighted by Crippen LogP contribution is 2.02. The molecule has 0 aliphatic heterocycles. The van der Waals surface area contributed by atoms with Crippen LogP contribution in [0.4, 0.5) is 0 Å². The van der Waals surface area contributed by atoms with E-state index >= 15 is 0 Å². The summed E-state index contributed by atoms with van der Waals surface area (Å²) in [5.74, 6) is 0.788. The summed E-state index contributed by atoms with van der Waals surface area (Å²) in [6.45, 7) is 2.08. The van der Waals surface area contributed by atoms with Gasteiger partial charge in [0.25, 0.3) is 0 Å². The van der Waals surface area contributed by atoms with Gasteiger partial charge in [-0.3, -0.25) is 0 Å². The van der Waals surface area contributed by atoms with Crippen LogP contribution in [0.5, 0.6) is 0 Å². The highest BCUT2D eigenvalue weighted by molar-refractivity contribution is 9.47. The first kappa shape index (κ1) is 7.79. The monoisotopic (exact) mass is 184 g/mol. The number of hydrogen-bond donors (Lipinski definition) is 0. The van der Waals surface area contributed by atoms with Gasteiger partial charge in [-0.2, -0.15) is 0 Å². The average molecular weight is 185 g/mol. The van der Waals surface area contributed by atoms with Gasteiger partial charge in [0.1, 0.15) is 5.75 Å². The van der Waals surface area contributed by atoms with Gasteiger partial charge in [0, 0.05) is 9.61 Å². The Morgan fingerprint density at radius 2 is 2.29 bits per heavy atom. The Balaban J connectivity index is 2.68. The SMILES string of the molecule is CCCC[S+]([O-])Br. The van der Waals surface area contributed by atoms with Crippen molar-refractivity contribution in [2.75, 3.05) is 5.75 Å². The van der Waals surface area contributed by atoms with Crippen molar-refractivity contribution in [3.63, 3.8) is 0 Å². The molecule has 0 rings (SSSR count). The molecular weight excluding hydrogens is 176 g/mol. The van der Waals surface area contributed by atoms with Crippen molar-refractivity contribution < 1.29 is 4.55 Å². The third-order valence-electron chi connectivity index (χ3n) is 0.658. The minimum Gasteiger partial charge on any atom is -0.606 e. The summed E-state index contributed by atoms with van der Waals surface area (Å²) >= 11 is 2.95. The second-order valence-corrected chi connectivity index (χ2v) is 4.50. The van der Waals surface area contributed by atoms with E-state index in [1.807, 2.05) is 0 Å². The molecule has 0 aliphatic carbocycles. The second-order valence-electron chi connectivity index (χ2n) is 1.35. The Hall–Kier alpha value is 0.790. The molecular formula is C4H9BrOS. The normalized spacial score (nSPS) is 14.1. The van der Waals surface area contributed by atoms with Crippen LogP contribution in [-0.4, -0.2) is 10.3 Å². The van der Waals surface area contributed by atoms with Gasteiger partial charge in [0.15, 0.2) is 0 Å². The van der Waals surface area contributed by atoms with Gasteiger partial charge in [-0.05, 0) is 6.42 Å². The van der Waals surface area contributed by atoms with E-state index in [0.29, 0.717) is 0 Å². The zero-order valence-electron chi connectivity index (χ0n) is 4.32. The summed E-state index contributed by atoms with van der Waals surface area (Å²) in [6, 6.07) is 0. The molecule has 1 nitrogen and oxygen atoms in total. The Labute approximate surface area is 54.9 Å². The number of unbranched alkanes of at least 4 members (excludes halogenated alkanes) is 1. The molecule has 0 aromatic carbocycles. The van der Waals surface area contributed by atoms with Crippen LogP contribution in [-0.2, 0) is 9.61 Å². The van der Waals surface area contributed by atoms with Crippen molar-refractivity contribution in [1.82, 2.24) is 0 Å². The van der Waals surface area contributed by atoms with Gasteiger partial charge < -0.3 is 4.55 Å². The lowest BCUT2D eigenvalue weighted by atomic mass is 10.4. The third-order valence-corrected chi connectivity index (χ3v) is 2.24. The Morgan fingerprint density at radius 1 is 1.71 bits per heavy atom. The molecule has 0 heterocycles. The number of halogens is 1. The lowest BCUT2D eigenvalue weighted by Gasteiger charge is -1.96. The maximum atomic E-state index is 10.2. The van der Waals surface area contributed by atoms with E-state index in [9.17, 15) is 4.55 Å². The zero-order chi connectivity index (χ0) is 5.70. The summed E-state index contributed by atoms with van der Waals surface area (Å²) in [4.78, 5) is 0. The Kier molecular flexibility index (Phi) is 5.49. The summed E-state index contributed by atoms with van der Waals surface area (Å²) < 4.78 is 10.2. The van der Waals surface area contributed by atoms with Gasteiger partial charge in [-0.15, -0.1) is 0 Å². The molecule has 0 saturated heterocycles. The molecule has 0 saturated carbocycles. The molecule has 0 N–H and O–H groups in total. The fourth-order valence-corrected chi connectivity index (χ4v) is 1.46. The maximum absolute atomic E-state index is 10.2. The maximum Gasteiger partial charge on any atom is 0.230 e. The molecule has 0 spiro atoms. The minimum atomic E-state index is -0.753. The molecule has 0 fully saturated rings. The van der Waals surface area contributed by atoms with Crippen LogP contribution in [0, 0.1) is 0 Å². The van der Waals surface area contributed by atoms with E-state index in [1.165, 1.54) is 0 Å². The highest BCUT2D eigenvalue weighted by atomic mass is 79.9. The van der Waals surface area contributed by atoms with E-state index in [-0.39, 0.29) is 0 Å². The summed E-state index contributed by atoms with van der Waals surface area (Å²) in [7, 11) is -0.753. The van der Waals surface area contributed by atoms with E-state index in [1.54, 1.807) is 0 Å². The van der Waals surface area contributed by atoms with E-state index in [2.05, 4.69) is 21.7 Å². The highest BCUT2D eigenvalue weighted by Gasteiger charge is 1.95. The molecule has 0 radical (unpaired) electrons. The van der Waals surface area contributed by atoms with Gasteiger partial charge in [0.05, 0.1) is 0 Å². The fraction of sp³-hybridized carbons (Fsp3) is 1.00. The summed E-state index contributed by atoms with van der Waals surface area (Å²) in [6.07, 6.45) is 2.18. The molecule has 0 amide bonds.